The molecule has 1 aromatic rings. The number of aryl methyl sites for hydroxylation is 1. The zero-order valence-electron chi connectivity index (χ0n) is 14.7. The summed E-state index contributed by atoms with van der Waals surface area (Å²) >= 11 is 0. The van der Waals surface area contributed by atoms with Crippen molar-refractivity contribution in [2.24, 2.45) is 0 Å². The first kappa shape index (κ1) is 16.1. The Hall–Kier alpha value is -1.43. The average Bonchev–Trinajstić information content (AvgIpc) is 2.99. The van der Waals surface area contributed by atoms with Crippen LogP contribution in [-0.2, 0) is 4.74 Å². The summed E-state index contributed by atoms with van der Waals surface area (Å²) in [5.74, 6) is 0.135. The van der Waals surface area contributed by atoms with Crippen LogP contribution < -0.4 is 0 Å². The molecule has 0 bridgehead atoms. The Kier molecular flexibility index (Phi) is 4.11. The number of ether oxygens (including phenoxy) is 1. The highest BCUT2D eigenvalue weighted by molar-refractivity contribution is 5.95. The Bertz CT molecular complexity index is 619. The topological polar surface area (TPSA) is 36.0 Å². The van der Waals surface area contributed by atoms with E-state index < -0.39 is 0 Å². The second-order valence-corrected chi connectivity index (χ2v) is 7.72. The van der Waals surface area contributed by atoms with Gasteiger partial charge in [0.15, 0.2) is 0 Å². The number of carbonyl (C=O) groups is 1. The van der Waals surface area contributed by atoms with E-state index in [0.29, 0.717) is 6.04 Å². The van der Waals surface area contributed by atoms with Crippen molar-refractivity contribution < 1.29 is 9.53 Å². The van der Waals surface area contributed by atoms with Crippen molar-refractivity contribution in [1.82, 2.24) is 14.7 Å². The molecule has 4 rings (SSSR count). The maximum absolute atomic E-state index is 12.6. The van der Waals surface area contributed by atoms with E-state index in [9.17, 15) is 4.79 Å². The summed E-state index contributed by atoms with van der Waals surface area (Å²) in [5, 5.41) is 0. The molecule has 5 nitrogen and oxygen atoms in total. The SMILES string of the molecule is Cc1cccc(C(=O)N2CC3(CC(N4CCN(C)CC4)CO3)C2)c1. The lowest BCUT2D eigenvalue weighted by atomic mass is 9.88. The quantitative estimate of drug-likeness (QED) is 0.818. The van der Waals surface area contributed by atoms with E-state index >= 15 is 0 Å². The predicted octanol–water partition coefficient (Wildman–Crippen LogP) is 1.23. The van der Waals surface area contributed by atoms with Gasteiger partial charge in [-0.1, -0.05) is 17.7 Å². The van der Waals surface area contributed by atoms with E-state index in [1.807, 2.05) is 36.1 Å². The molecule has 130 valence electrons. The van der Waals surface area contributed by atoms with Crippen molar-refractivity contribution in [3.8, 4) is 0 Å². The molecule has 0 radical (unpaired) electrons. The fourth-order valence-electron chi connectivity index (χ4n) is 4.22. The molecule has 1 atom stereocenters. The lowest BCUT2D eigenvalue weighted by molar-refractivity contribution is -0.0951. The van der Waals surface area contributed by atoms with Crippen LogP contribution in [0.4, 0.5) is 0 Å². The fraction of sp³-hybridized carbons (Fsp3) is 0.632. The molecule has 3 fully saturated rings. The van der Waals surface area contributed by atoms with Crippen LogP contribution in [0.3, 0.4) is 0 Å². The minimum Gasteiger partial charge on any atom is -0.370 e. The van der Waals surface area contributed by atoms with Crippen molar-refractivity contribution in [1.29, 1.82) is 0 Å². The summed E-state index contributed by atoms with van der Waals surface area (Å²) in [6.07, 6.45) is 1.06. The Morgan fingerprint density at radius 2 is 1.96 bits per heavy atom. The lowest BCUT2D eigenvalue weighted by Crippen LogP contribution is -2.63. The largest absolute Gasteiger partial charge is 0.370 e. The van der Waals surface area contributed by atoms with Gasteiger partial charge in [-0.2, -0.15) is 0 Å². The number of hydrogen-bond acceptors (Lipinski definition) is 4. The normalized spacial score (nSPS) is 27.4. The van der Waals surface area contributed by atoms with Gasteiger partial charge in [0.25, 0.3) is 5.91 Å². The molecule has 3 aliphatic heterocycles. The van der Waals surface area contributed by atoms with Crippen LogP contribution in [0.25, 0.3) is 0 Å². The van der Waals surface area contributed by atoms with Crippen LogP contribution >= 0.6 is 0 Å². The first-order chi connectivity index (χ1) is 11.5. The highest BCUT2D eigenvalue weighted by Gasteiger charge is 2.52. The minimum absolute atomic E-state index is 0.0898. The molecule has 24 heavy (non-hydrogen) atoms. The van der Waals surface area contributed by atoms with E-state index in [1.165, 1.54) is 0 Å². The zero-order valence-corrected chi connectivity index (χ0v) is 14.7. The van der Waals surface area contributed by atoms with Gasteiger partial charge in [-0.05, 0) is 32.5 Å². The zero-order chi connectivity index (χ0) is 16.7. The summed E-state index contributed by atoms with van der Waals surface area (Å²) in [6.45, 7) is 8.86. The number of likely N-dealkylation sites (tertiary alicyclic amines) is 1. The molecule has 5 heteroatoms. The van der Waals surface area contributed by atoms with Crippen molar-refractivity contribution in [3.05, 3.63) is 35.4 Å². The molecule has 1 amide bonds. The summed E-state index contributed by atoms with van der Waals surface area (Å²) in [7, 11) is 2.19. The van der Waals surface area contributed by atoms with Crippen LogP contribution in [-0.4, -0.2) is 85.2 Å². The van der Waals surface area contributed by atoms with E-state index in [1.54, 1.807) is 0 Å². The molecule has 3 saturated heterocycles. The van der Waals surface area contributed by atoms with Gasteiger partial charge in [-0.15, -0.1) is 0 Å². The van der Waals surface area contributed by atoms with Gasteiger partial charge in [-0.25, -0.2) is 0 Å². The number of benzene rings is 1. The summed E-state index contributed by atoms with van der Waals surface area (Å²) in [6, 6.07) is 8.37. The fourth-order valence-corrected chi connectivity index (χ4v) is 4.22. The maximum Gasteiger partial charge on any atom is 0.254 e. The molecule has 1 aromatic carbocycles. The van der Waals surface area contributed by atoms with Gasteiger partial charge in [0.05, 0.1) is 19.7 Å². The maximum atomic E-state index is 12.6. The highest BCUT2D eigenvalue weighted by atomic mass is 16.5. The minimum atomic E-state index is -0.0898. The third kappa shape index (κ3) is 2.96. The number of carbonyl (C=O) groups excluding carboxylic acids is 1. The van der Waals surface area contributed by atoms with E-state index in [0.717, 1.165) is 63.4 Å². The molecule has 0 saturated carbocycles. The van der Waals surface area contributed by atoms with Crippen LogP contribution in [0.2, 0.25) is 0 Å². The smallest absolute Gasteiger partial charge is 0.254 e. The molecule has 1 unspecified atom stereocenters. The number of rotatable bonds is 2. The van der Waals surface area contributed by atoms with Gasteiger partial charge >= 0.3 is 0 Å². The molecule has 3 heterocycles. The number of hydrogen-bond donors (Lipinski definition) is 0. The van der Waals surface area contributed by atoms with E-state index in [2.05, 4.69) is 16.8 Å². The van der Waals surface area contributed by atoms with E-state index in [-0.39, 0.29) is 11.5 Å². The number of likely N-dealkylation sites (N-methyl/N-ethyl adjacent to an activating group) is 1. The van der Waals surface area contributed by atoms with Gasteiger partial charge in [0.1, 0.15) is 5.60 Å². The molecule has 0 N–H and O–H groups in total. The van der Waals surface area contributed by atoms with Crippen LogP contribution in [0, 0.1) is 6.92 Å². The van der Waals surface area contributed by atoms with Gasteiger partial charge < -0.3 is 14.5 Å². The van der Waals surface area contributed by atoms with Gasteiger partial charge in [0, 0.05) is 37.8 Å². The Morgan fingerprint density at radius 3 is 2.67 bits per heavy atom. The lowest BCUT2D eigenvalue weighted by Gasteiger charge is -2.47. The Morgan fingerprint density at radius 1 is 1.21 bits per heavy atom. The molecular formula is C19H27N3O2. The monoisotopic (exact) mass is 329 g/mol. The Balaban J connectivity index is 1.33. The van der Waals surface area contributed by atoms with Crippen molar-refractivity contribution in [3.63, 3.8) is 0 Å². The van der Waals surface area contributed by atoms with Crippen LogP contribution in [0.15, 0.2) is 24.3 Å². The number of piperazine rings is 1. The van der Waals surface area contributed by atoms with Gasteiger partial charge in [-0.3, -0.25) is 9.69 Å². The first-order valence-electron chi connectivity index (χ1n) is 8.97. The third-order valence-electron chi connectivity index (χ3n) is 5.75. The first-order valence-corrected chi connectivity index (χ1v) is 8.97. The van der Waals surface area contributed by atoms with Gasteiger partial charge in [0.2, 0.25) is 0 Å². The standard InChI is InChI=1S/C19H27N3O2/c1-15-4-3-5-16(10-15)18(23)22-13-19(14-22)11-17(12-24-19)21-8-6-20(2)7-9-21/h3-5,10,17H,6-9,11-14H2,1-2H3. The Labute approximate surface area is 144 Å². The molecular weight excluding hydrogens is 302 g/mol. The third-order valence-corrected chi connectivity index (χ3v) is 5.75. The number of nitrogens with zero attached hydrogens (tertiary/aromatic N) is 3. The summed E-state index contributed by atoms with van der Waals surface area (Å²) in [5.41, 5.74) is 1.83. The highest BCUT2D eigenvalue weighted by Crippen LogP contribution is 2.37. The second kappa shape index (κ2) is 6.14. The van der Waals surface area contributed by atoms with Crippen molar-refractivity contribution >= 4 is 5.91 Å². The van der Waals surface area contributed by atoms with Crippen LogP contribution in [0.5, 0.6) is 0 Å². The second-order valence-electron chi connectivity index (χ2n) is 7.72. The van der Waals surface area contributed by atoms with Crippen LogP contribution in [0.1, 0.15) is 22.3 Å². The van der Waals surface area contributed by atoms with Crippen molar-refractivity contribution in [2.45, 2.75) is 25.0 Å². The molecule has 3 aliphatic rings. The average molecular weight is 329 g/mol. The summed E-state index contributed by atoms with van der Waals surface area (Å²) < 4.78 is 6.16. The molecule has 0 aliphatic carbocycles. The van der Waals surface area contributed by atoms with Crippen molar-refractivity contribution in [2.75, 3.05) is 52.9 Å². The summed E-state index contributed by atoms with van der Waals surface area (Å²) in [4.78, 5) is 19.5. The number of amides is 1. The predicted molar refractivity (Wildman–Crippen MR) is 93.2 cm³/mol. The molecule has 0 aromatic heterocycles. The molecule has 1 spiro atoms. The van der Waals surface area contributed by atoms with E-state index in [4.69, 9.17) is 4.74 Å².